The number of hydrogen-bond donors (Lipinski definition) is 1. The number of halogens is 2. The van der Waals surface area contributed by atoms with Crippen molar-refractivity contribution in [3.8, 4) is 11.5 Å². The first-order valence-electron chi connectivity index (χ1n) is 11.7. The van der Waals surface area contributed by atoms with Crippen LogP contribution >= 0.6 is 23.2 Å². The highest BCUT2D eigenvalue weighted by Gasteiger charge is 2.29. The Morgan fingerprint density at radius 2 is 1.86 bits per heavy atom. The highest BCUT2D eigenvalue weighted by molar-refractivity contribution is 6.42. The van der Waals surface area contributed by atoms with Crippen molar-refractivity contribution in [2.24, 2.45) is 0 Å². The summed E-state index contributed by atoms with van der Waals surface area (Å²) < 4.78 is 10.7. The Bertz CT molecular complexity index is 1110. The fourth-order valence-electron chi connectivity index (χ4n) is 4.11. The van der Waals surface area contributed by atoms with Crippen molar-refractivity contribution in [1.29, 1.82) is 0 Å². The molecule has 194 valence electrons. The Hall–Kier alpha value is -3.04. The second-order valence-corrected chi connectivity index (χ2v) is 9.48. The number of ether oxygens (including phenoxy) is 2. The second kappa shape index (κ2) is 12.8. The minimum Gasteiger partial charge on any atom is -0.490 e. The molecule has 1 unspecified atom stereocenters. The van der Waals surface area contributed by atoms with Crippen molar-refractivity contribution < 1.29 is 24.0 Å². The second-order valence-electron chi connectivity index (χ2n) is 8.67. The Morgan fingerprint density at radius 1 is 1.14 bits per heavy atom. The minimum atomic E-state index is -0.774. The first-order valence-corrected chi connectivity index (χ1v) is 12.4. The van der Waals surface area contributed by atoms with Gasteiger partial charge in [-0.25, -0.2) is 0 Å². The summed E-state index contributed by atoms with van der Waals surface area (Å²) in [6.07, 6.45) is 5.14. The van der Waals surface area contributed by atoms with Gasteiger partial charge in [0, 0.05) is 24.7 Å². The molecule has 11 heteroatoms. The molecule has 2 amide bonds. The van der Waals surface area contributed by atoms with E-state index in [2.05, 4.69) is 5.32 Å². The van der Waals surface area contributed by atoms with Crippen molar-refractivity contribution in [3.05, 3.63) is 62.1 Å². The van der Waals surface area contributed by atoms with E-state index in [0.29, 0.717) is 15.6 Å². The van der Waals surface area contributed by atoms with E-state index in [-0.39, 0.29) is 42.3 Å². The van der Waals surface area contributed by atoms with Gasteiger partial charge in [-0.2, -0.15) is 0 Å². The van der Waals surface area contributed by atoms with Crippen molar-refractivity contribution in [2.45, 2.75) is 57.7 Å². The number of nitrogens with one attached hydrogen (secondary N) is 1. The monoisotopic (exact) mass is 537 g/mol. The van der Waals surface area contributed by atoms with Crippen molar-refractivity contribution in [3.63, 3.8) is 0 Å². The Labute approximate surface area is 219 Å². The molecule has 0 heterocycles. The first kappa shape index (κ1) is 27.5. The zero-order valence-electron chi connectivity index (χ0n) is 20.2. The van der Waals surface area contributed by atoms with Crippen molar-refractivity contribution in [1.82, 2.24) is 10.2 Å². The van der Waals surface area contributed by atoms with Gasteiger partial charge in [-0.15, -0.1) is 0 Å². The standard InChI is InChI=1S/C25H29Cl2N3O6/c1-16(25(32)28-18-6-4-3-5-7-18)29(14-17-8-10-20(26)21(27)12-17)24(31)15-36-19-9-11-22(30(33)34)23(13-19)35-2/h8-13,16,18H,3-7,14-15H2,1-2H3,(H,28,32). The highest BCUT2D eigenvalue weighted by atomic mass is 35.5. The molecule has 1 N–H and O–H groups in total. The molecule has 1 aliphatic rings. The van der Waals surface area contributed by atoms with E-state index < -0.39 is 16.9 Å². The van der Waals surface area contributed by atoms with Gasteiger partial charge < -0.3 is 19.7 Å². The average molecular weight is 538 g/mol. The van der Waals surface area contributed by atoms with E-state index in [1.54, 1.807) is 25.1 Å². The number of carbonyl (C=O) groups excluding carboxylic acids is 2. The number of carbonyl (C=O) groups is 2. The summed E-state index contributed by atoms with van der Waals surface area (Å²) in [4.78, 5) is 38.3. The van der Waals surface area contributed by atoms with Crippen LogP contribution in [0.2, 0.25) is 10.0 Å². The smallest absolute Gasteiger partial charge is 0.311 e. The van der Waals surface area contributed by atoms with Crippen LogP contribution in [0.5, 0.6) is 11.5 Å². The van der Waals surface area contributed by atoms with Crippen LogP contribution in [-0.2, 0) is 16.1 Å². The van der Waals surface area contributed by atoms with E-state index in [1.807, 2.05) is 0 Å². The molecule has 0 aliphatic heterocycles. The first-order chi connectivity index (χ1) is 17.2. The number of nitro benzene ring substituents is 1. The van der Waals surface area contributed by atoms with Gasteiger partial charge in [-0.1, -0.05) is 48.5 Å². The van der Waals surface area contributed by atoms with E-state index in [0.717, 1.165) is 32.1 Å². The zero-order valence-corrected chi connectivity index (χ0v) is 21.7. The van der Waals surface area contributed by atoms with Gasteiger partial charge in [-0.05, 0) is 43.5 Å². The van der Waals surface area contributed by atoms with Crippen molar-refractivity contribution in [2.75, 3.05) is 13.7 Å². The molecule has 9 nitrogen and oxygen atoms in total. The van der Waals surface area contributed by atoms with Gasteiger partial charge in [0.1, 0.15) is 11.8 Å². The number of nitrogens with zero attached hydrogens (tertiary/aromatic N) is 2. The highest BCUT2D eigenvalue weighted by Crippen LogP contribution is 2.31. The van der Waals surface area contributed by atoms with Crippen LogP contribution in [0, 0.1) is 10.1 Å². The molecule has 2 aromatic carbocycles. The molecule has 0 spiro atoms. The summed E-state index contributed by atoms with van der Waals surface area (Å²) in [7, 11) is 1.31. The van der Waals surface area contributed by atoms with Crippen LogP contribution < -0.4 is 14.8 Å². The third-order valence-corrected chi connectivity index (χ3v) is 6.91. The largest absolute Gasteiger partial charge is 0.490 e. The maximum Gasteiger partial charge on any atom is 0.311 e. The fraction of sp³-hybridized carbons (Fsp3) is 0.440. The maximum atomic E-state index is 13.3. The zero-order chi connectivity index (χ0) is 26.2. The van der Waals surface area contributed by atoms with Gasteiger partial charge in [0.2, 0.25) is 11.7 Å². The topological polar surface area (TPSA) is 111 Å². The lowest BCUT2D eigenvalue weighted by Gasteiger charge is -2.31. The lowest BCUT2D eigenvalue weighted by Crippen LogP contribution is -2.51. The van der Waals surface area contributed by atoms with Crippen LogP contribution in [0.4, 0.5) is 5.69 Å². The third-order valence-electron chi connectivity index (χ3n) is 6.17. The maximum absolute atomic E-state index is 13.3. The number of hydrogen-bond acceptors (Lipinski definition) is 6. The summed E-state index contributed by atoms with van der Waals surface area (Å²) in [5, 5.41) is 14.9. The molecular formula is C25H29Cl2N3O6. The Morgan fingerprint density at radius 3 is 2.50 bits per heavy atom. The van der Waals surface area contributed by atoms with Crippen LogP contribution in [0.1, 0.15) is 44.6 Å². The van der Waals surface area contributed by atoms with E-state index >= 15 is 0 Å². The summed E-state index contributed by atoms with van der Waals surface area (Å²) in [6, 6.07) is 8.31. The molecule has 3 rings (SSSR count). The Balaban J connectivity index is 1.75. The average Bonchev–Trinajstić information content (AvgIpc) is 2.87. The summed E-state index contributed by atoms with van der Waals surface area (Å²) >= 11 is 12.2. The lowest BCUT2D eigenvalue weighted by molar-refractivity contribution is -0.385. The molecular weight excluding hydrogens is 509 g/mol. The van der Waals surface area contributed by atoms with Gasteiger partial charge in [0.05, 0.1) is 22.1 Å². The number of benzene rings is 2. The van der Waals surface area contributed by atoms with E-state index in [1.165, 1.54) is 30.2 Å². The molecule has 0 aromatic heterocycles. The molecule has 1 saturated carbocycles. The predicted molar refractivity (Wildman–Crippen MR) is 137 cm³/mol. The number of amides is 2. The predicted octanol–water partition coefficient (Wildman–Crippen LogP) is 5.16. The number of methoxy groups -OCH3 is 1. The minimum absolute atomic E-state index is 0.0119. The van der Waals surface area contributed by atoms with E-state index in [4.69, 9.17) is 32.7 Å². The summed E-state index contributed by atoms with van der Waals surface area (Å²) in [6.45, 7) is 1.40. The quantitative estimate of drug-likeness (QED) is 0.331. The normalized spacial score (nSPS) is 14.6. The van der Waals surface area contributed by atoms with Crippen LogP contribution in [0.25, 0.3) is 0 Å². The van der Waals surface area contributed by atoms with Crippen LogP contribution in [-0.4, -0.2) is 47.4 Å². The Kier molecular flexibility index (Phi) is 9.78. The molecule has 1 atom stereocenters. The summed E-state index contributed by atoms with van der Waals surface area (Å²) in [5.41, 5.74) is 0.484. The molecule has 0 bridgehead atoms. The molecule has 2 aromatic rings. The molecule has 1 aliphatic carbocycles. The fourth-order valence-corrected chi connectivity index (χ4v) is 4.43. The SMILES string of the molecule is COc1cc(OCC(=O)N(Cc2ccc(Cl)c(Cl)c2)C(C)C(=O)NC2CCCCC2)ccc1[N+](=O)[O-]. The van der Waals surface area contributed by atoms with Gasteiger partial charge in [0.25, 0.3) is 5.91 Å². The van der Waals surface area contributed by atoms with Gasteiger partial charge in [-0.3, -0.25) is 19.7 Å². The third kappa shape index (κ3) is 7.24. The van der Waals surface area contributed by atoms with Crippen LogP contribution in [0.15, 0.2) is 36.4 Å². The van der Waals surface area contributed by atoms with Gasteiger partial charge in [0.15, 0.2) is 6.61 Å². The van der Waals surface area contributed by atoms with Crippen LogP contribution in [0.3, 0.4) is 0 Å². The summed E-state index contributed by atoms with van der Waals surface area (Å²) in [5.74, 6) is -0.450. The van der Waals surface area contributed by atoms with E-state index in [9.17, 15) is 19.7 Å². The molecule has 0 saturated heterocycles. The molecule has 36 heavy (non-hydrogen) atoms. The lowest BCUT2D eigenvalue weighted by atomic mass is 9.95. The number of rotatable bonds is 10. The number of nitro groups is 1. The van der Waals surface area contributed by atoms with Crippen molar-refractivity contribution >= 4 is 40.7 Å². The van der Waals surface area contributed by atoms with Gasteiger partial charge >= 0.3 is 5.69 Å². The molecule has 0 radical (unpaired) electrons. The molecule has 1 fully saturated rings.